The van der Waals surface area contributed by atoms with E-state index in [9.17, 15) is 4.79 Å². The molecule has 3 heterocycles. The largest absolute Gasteiger partial charge is 0.495 e. The van der Waals surface area contributed by atoms with E-state index in [1.54, 1.807) is 7.11 Å². The topological polar surface area (TPSA) is 45.7 Å². The fraction of sp³-hybridized carbons (Fsp3) is 0.217. The number of para-hydroxylation sites is 3. The van der Waals surface area contributed by atoms with Crippen LogP contribution < -0.4 is 9.64 Å². The van der Waals surface area contributed by atoms with Gasteiger partial charge in [0.15, 0.2) is 0 Å². The molecule has 1 saturated heterocycles. The second kappa shape index (κ2) is 7.78. The van der Waals surface area contributed by atoms with Gasteiger partial charge >= 0.3 is 0 Å². The standard InChI is InChI=1S/C23H20ClN3O2S/c1-29-19-9-5-4-8-18(19)26-10-12-27(13-11-26)23(28)20-14-16-21(30-20)15-6-2-3-7-17(15)25-22(16)24/h2-9,14H,10-13H2,1H3. The molecule has 0 radical (unpaired) electrons. The summed E-state index contributed by atoms with van der Waals surface area (Å²) in [6.07, 6.45) is 0. The number of halogens is 1. The van der Waals surface area contributed by atoms with E-state index < -0.39 is 0 Å². The summed E-state index contributed by atoms with van der Waals surface area (Å²) in [6, 6.07) is 17.8. The fourth-order valence-corrected chi connectivity index (χ4v) is 5.43. The van der Waals surface area contributed by atoms with Gasteiger partial charge in [-0.1, -0.05) is 41.9 Å². The quantitative estimate of drug-likeness (QED) is 0.419. The molecule has 0 atom stereocenters. The van der Waals surface area contributed by atoms with Crippen LogP contribution in [0.3, 0.4) is 0 Å². The maximum Gasteiger partial charge on any atom is 0.264 e. The van der Waals surface area contributed by atoms with Crippen LogP contribution in [0, 0.1) is 0 Å². The lowest BCUT2D eigenvalue weighted by Gasteiger charge is -2.36. The first-order valence-corrected chi connectivity index (χ1v) is 11.0. The number of rotatable bonds is 3. The molecule has 0 N–H and O–H groups in total. The van der Waals surface area contributed by atoms with Crippen molar-refractivity contribution in [1.82, 2.24) is 9.88 Å². The number of carbonyl (C=O) groups is 1. The molecule has 1 fully saturated rings. The lowest BCUT2D eigenvalue weighted by atomic mass is 10.2. The number of benzene rings is 2. The van der Waals surface area contributed by atoms with Crippen molar-refractivity contribution < 1.29 is 9.53 Å². The van der Waals surface area contributed by atoms with E-state index >= 15 is 0 Å². The van der Waals surface area contributed by atoms with Crippen LogP contribution in [0.25, 0.3) is 21.0 Å². The summed E-state index contributed by atoms with van der Waals surface area (Å²) in [5, 5.41) is 2.32. The zero-order valence-electron chi connectivity index (χ0n) is 16.5. The molecule has 7 heteroatoms. The molecule has 5 nitrogen and oxygen atoms in total. The number of aromatic nitrogens is 1. The Kier molecular flexibility index (Phi) is 4.97. The first-order chi connectivity index (χ1) is 14.7. The average molecular weight is 438 g/mol. The third kappa shape index (κ3) is 3.26. The Morgan fingerprint density at radius 3 is 2.57 bits per heavy atom. The van der Waals surface area contributed by atoms with E-state index in [1.165, 1.54) is 11.3 Å². The molecule has 0 spiro atoms. The van der Waals surface area contributed by atoms with Crippen molar-refractivity contribution in [3.63, 3.8) is 0 Å². The molecule has 1 aliphatic rings. The van der Waals surface area contributed by atoms with Gasteiger partial charge in [0.1, 0.15) is 10.9 Å². The number of hydrogen-bond donors (Lipinski definition) is 0. The van der Waals surface area contributed by atoms with Crippen LogP contribution in [-0.4, -0.2) is 49.1 Å². The van der Waals surface area contributed by atoms with Crippen LogP contribution in [0.5, 0.6) is 5.75 Å². The van der Waals surface area contributed by atoms with Crippen molar-refractivity contribution in [2.75, 3.05) is 38.2 Å². The van der Waals surface area contributed by atoms with Crippen molar-refractivity contribution >= 4 is 55.5 Å². The highest BCUT2D eigenvalue weighted by Gasteiger charge is 2.25. The highest BCUT2D eigenvalue weighted by molar-refractivity contribution is 7.21. The third-order valence-electron chi connectivity index (χ3n) is 5.53. The Bertz CT molecular complexity index is 1250. The number of fused-ring (bicyclic) bond motifs is 3. The van der Waals surface area contributed by atoms with E-state index in [0.717, 1.165) is 45.5 Å². The summed E-state index contributed by atoms with van der Waals surface area (Å²) >= 11 is 7.90. The van der Waals surface area contributed by atoms with Gasteiger partial charge in [-0.2, -0.15) is 0 Å². The molecule has 4 aromatic rings. The Morgan fingerprint density at radius 2 is 1.77 bits per heavy atom. The predicted octanol–water partition coefficient (Wildman–Crippen LogP) is 5.07. The molecule has 2 aromatic carbocycles. The second-order valence-electron chi connectivity index (χ2n) is 7.22. The highest BCUT2D eigenvalue weighted by atomic mass is 35.5. The smallest absolute Gasteiger partial charge is 0.264 e. The van der Waals surface area contributed by atoms with Gasteiger partial charge in [-0.05, 0) is 24.3 Å². The molecule has 0 aliphatic carbocycles. The summed E-state index contributed by atoms with van der Waals surface area (Å²) < 4.78 is 6.50. The molecule has 30 heavy (non-hydrogen) atoms. The number of thiophene rings is 1. The molecule has 5 rings (SSSR count). The summed E-state index contributed by atoms with van der Waals surface area (Å²) in [7, 11) is 1.68. The number of anilines is 1. The Labute approximate surface area is 183 Å². The van der Waals surface area contributed by atoms with Gasteiger partial charge in [-0.15, -0.1) is 11.3 Å². The van der Waals surface area contributed by atoms with E-state index in [-0.39, 0.29) is 5.91 Å². The molecule has 0 saturated carbocycles. The molecule has 152 valence electrons. The van der Waals surface area contributed by atoms with E-state index in [0.29, 0.717) is 23.1 Å². The van der Waals surface area contributed by atoms with Crippen LogP contribution in [-0.2, 0) is 0 Å². The zero-order chi connectivity index (χ0) is 20.7. The summed E-state index contributed by atoms with van der Waals surface area (Å²) in [6.45, 7) is 2.86. The number of ether oxygens (including phenoxy) is 1. The van der Waals surface area contributed by atoms with E-state index in [1.807, 2.05) is 53.4 Å². The molecule has 1 amide bonds. The minimum Gasteiger partial charge on any atom is -0.495 e. The van der Waals surface area contributed by atoms with Gasteiger partial charge in [0.05, 0.1) is 23.2 Å². The SMILES string of the molecule is COc1ccccc1N1CCN(C(=O)c2cc3c(Cl)nc4ccccc4c3s2)CC1. The van der Waals surface area contributed by atoms with Gasteiger partial charge in [0.2, 0.25) is 0 Å². The van der Waals surface area contributed by atoms with Crippen LogP contribution in [0.15, 0.2) is 54.6 Å². The van der Waals surface area contributed by atoms with E-state index in [2.05, 4.69) is 16.0 Å². The highest BCUT2D eigenvalue weighted by Crippen LogP contribution is 2.36. The third-order valence-corrected chi connectivity index (χ3v) is 6.97. The predicted molar refractivity (Wildman–Crippen MR) is 123 cm³/mol. The van der Waals surface area contributed by atoms with Crippen LogP contribution in [0.1, 0.15) is 9.67 Å². The maximum atomic E-state index is 13.2. The van der Waals surface area contributed by atoms with Crippen molar-refractivity contribution in [2.24, 2.45) is 0 Å². The number of methoxy groups -OCH3 is 1. The number of carbonyl (C=O) groups excluding carboxylic acids is 1. The summed E-state index contributed by atoms with van der Waals surface area (Å²) in [5.74, 6) is 0.909. The van der Waals surface area contributed by atoms with Gasteiger partial charge in [-0.25, -0.2) is 4.98 Å². The number of hydrogen-bond acceptors (Lipinski definition) is 5. The van der Waals surface area contributed by atoms with Crippen molar-refractivity contribution in [2.45, 2.75) is 0 Å². The van der Waals surface area contributed by atoms with Crippen molar-refractivity contribution in [1.29, 1.82) is 0 Å². The maximum absolute atomic E-state index is 13.2. The lowest BCUT2D eigenvalue weighted by Crippen LogP contribution is -2.48. The Hall–Kier alpha value is -2.83. The molecular formula is C23H20ClN3O2S. The first-order valence-electron chi connectivity index (χ1n) is 9.81. The number of amides is 1. The lowest BCUT2D eigenvalue weighted by molar-refractivity contribution is 0.0751. The van der Waals surface area contributed by atoms with Crippen LogP contribution >= 0.6 is 22.9 Å². The number of pyridine rings is 1. The van der Waals surface area contributed by atoms with Gasteiger partial charge in [-0.3, -0.25) is 4.79 Å². The van der Waals surface area contributed by atoms with Crippen LogP contribution in [0.4, 0.5) is 5.69 Å². The fourth-order valence-electron chi connectivity index (χ4n) is 3.98. The monoisotopic (exact) mass is 437 g/mol. The van der Waals surface area contributed by atoms with E-state index in [4.69, 9.17) is 16.3 Å². The minimum absolute atomic E-state index is 0.0519. The number of nitrogens with zero attached hydrogens (tertiary/aromatic N) is 3. The number of piperazine rings is 1. The average Bonchev–Trinajstić information content (AvgIpc) is 3.25. The second-order valence-corrected chi connectivity index (χ2v) is 8.63. The minimum atomic E-state index is 0.0519. The molecule has 0 unspecified atom stereocenters. The zero-order valence-corrected chi connectivity index (χ0v) is 18.0. The summed E-state index contributed by atoms with van der Waals surface area (Å²) in [4.78, 5) is 22.6. The summed E-state index contributed by atoms with van der Waals surface area (Å²) in [5.41, 5.74) is 1.92. The van der Waals surface area contributed by atoms with Crippen molar-refractivity contribution in [3.8, 4) is 5.75 Å². The Balaban J connectivity index is 1.39. The first kappa shape index (κ1) is 19.2. The molecule has 2 aromatic heterocycles. The van der Waals surface area contributed by atoms with Gasteiger partial charge in [0.25, 0.3) is 5.91 Å². The Morgan fingerprint density at radius 1 is 1.03 bits per heavy atom. The molecule has 0 bridgehead atoms. The van der Waals surface area contributed by atoms with Gasteiger partial charge < -0.3 is 14.5 Å². The normalized spacial score (nSPS) is 14.5. The van der Waals surface area contributed by atoms with Gasteiger partial charge in [0, 0.05) is 41.7 Å². The molecular weight excluding hydrogens is 418 g/mol. The molecule has 1 aliphatic heterocycles. The van der Waals surface area contributed by atoms with Crippen LogP contribution in [0.2, 0.25) is 5.15 Å². The van der Waals surface area contributed by atoms with Crippen molar-refractivity contribution in [3.05, 3.63) is 64.6 Å².